The normalized spacial score (nSPS) is 10.6. The number of aromatic nitrogens is 1. The summed E-state index contributed by atoms with van der Waals surface area (Å²) < 4.78 is 2.28. The number of hydrogen-bond donors (Lipinski definition) is 1. The Kier molecular flexibility index (Phi) is 4.32. The molecule has 0 aliphatic carbocycles. The minimum absolute atomic E-state index is 0.781. The van der Waals surface area contributed by atoms with Crippen LogP contribution in [0.2, 0.25) is 5.02 Å². The molecule has 1 N–H and O–H groups in total. The minimum atomic E-state index is 0.781. The maximum atomic E-state index is 6.20. The van der Waals surface area contributed by atoms with E-state index >= 15 is 0 Å². The van der Waals surface area contributed by atoms with Crippen LogP contribution in [0, 0.1) is 6.92 Å². The lowest BCUT2D eigenvalue weighted by atomic mass is 10.2. The third-order valence-electron chi connectivity index (χ3n) is 3.06. The highest BCUT2D eigenvalue weighted by Gasteiger charge is 2.05. The molecule has 96 valence electrons. The van der Waals surface area contributed by atoms with Gasteiger partial charge in [-0.3, -0.25) is 0 Å². The molecule has 0 unspecified atom stereocenters. The van der Waals surface area contributed by atoms with Crippen LogP contribution in [0.4, 0.5) is 5.69 Å². The molecule has 0 aliphatic rings. The molecular formula is C15H19ClN2. The van der Waals surface area contributed by atoms with Crippen LogP contribution in [0.1, 0.15) is 24.6 Å². The molecule has 0 aliphatic heterocycles. The molecule has 2 nitrogen and oxygen atoms in total. The van der Waals surface area contributed by atoms with E-state index in [1.165, 1.54) is 11.3 Å². The highest BCUT2D eigenvalue weighted by Crippen LogP contribution is 2.25. The molecule has 0 bridgehead atoms. The van der Waals surface area contributed by atoms with E-state index in [2.05, 4.69) is 48.1 Å². The van der Waals surface area contributed by atoms with Gasteiger partial charge in [0.15, 0.2) is 0 Å². The summed E-state index contributed by atoms with van der Waals surface area (Å²) in [5.74, 6) is 0. The van der Waals surface area contributed by atoms with Crippen LogP contribution in [0.25, 0.3) is 0 Å². The summed E-state index contributed by atoms with van der Waals surface area (Å²) in [5, 5.41) is 4.21. The number of halogens is 1. The number of aryl methyl sites for hydroxylation is 2. The molecule has 0 radical (unpaired) electrons. The molecule has 0 saturated carbocycles. The minimum Gasteiger partial charge on any atom is -0.378 e. The Bertz CT molecular complexity index is 497. The SMILES string of the molecule is CCCn1cccc1CNc1c(C)cccc1Cl. The molecule has 0 saturated heterocycles. The van der Waals surface area contributed by atoms with Gasteiger partial charge in [-0.15, -0.1) is 0 Å². The lowest BCUT2D eigenvalue weighted by molar-refractivity contribution is 0.654. The maximum Gasteiger partial charge on any atom is 0.0640 e. The predicted octanol–water partition coefficient (Wildman–Crippen LogP) is 4.47. The summed E-state index contributed by atoms with van der Waals surface area (Å²) >= 11 is 6.20. The molecule has 0 fully saturated rings. The van der Waals surface area contributed by atoms with Crippen molar-refractivity contribution in [2.75, 3.05) is 5.32 Å². The third kappa shape index (κ3) is 2.88. The Hall–Kier alpha value is -1.41. The third-order valence-corrected chi connectivity index (χ3v) is 3.37. The number of rotatable bonds is 5. The Morgan fingerprint density at radius 2 is 2.06 bits per heavy atom. The van der Waals surface area contributed by atoms with E-state index in [1.54, 1.807) is 0 Å². The van der Waals surface area contributed by atoms with Gasteiger partial charge in [-0.05, 0) is 37.1 Å². The number of benzene rings is 1. The van der Waals surface area contributed by atoms with Crippen molar-refractivity contribution in [2.45, 2.75) is 33.4 Å². The quantitative estimate of drug-likeness (QED) is 0.841. The molecule has 0 amide bonds. The van der Waals surface area contributed by atoms with Crippen LogP contribution >= 0.6 is 11.6 Å². The summed E-state index contributed by atoms with van der Waals surface area (Å²) in [6.45, 7) is 6.12. The van der Waals surface area contributed by atoms with Gasteiger partial charge in [0.1, 0.15) is 0 Å². The second kappa shape index (κ2) is 5.96. The average molecular weight is 263 g/mol. The summed E-state index contributed by atoms with van der Waals surface area (Å²) in [6, 6.07) is 10.2. The van der Waals surface area contributed by atoms with Gasteiger partial charge in [0.25, 0.3) is 0 Å². The number of hydrogen-bond acceptors (Lipinski definition) is 1. The van der Waals surface area contributed by atoms with E-state index in [4.69, 9.17) is 11.6 Å². The van der Waals surface area contributed by atoms with Gasteiger partial charge >= 0.3 is 0 Å². The van der Waals surface area contributed by atoms with Crippen molar-refractivity contribution >= 4 is 17.3 Å². The van der Waals surface area contributed by atoms with Crippen molar-refractivity contribution in [3.05, 3.63) is 52.8 Å². The fourth-order valence-corrected chi connectivity index (χ4v) is 2.39. The van der Waals surface area contributed by atoms with E-state index in [0.29, 0.717) is 0 Å². The van der Waals surface area contributed by atoms with Gasteiger partial charge in [0.2, 0.25) is 0 Å². The van der Waals surface area contributed by atoms with E-state index < -0.39 is 0 Å². The fourth-order valence-electron chi connectivity index (χ4n) is 2.10. The maximum absolute atomic E-state index is 6.20. The first-order valence-electron chi connectivity index (χ1n) is 6.35. The summed E-state index contributed by atoms with van der Waals surface area (Å²) in [4.78, 5) is 0. The molecule has 0 atom stereocenters. The number of para-hydroxylation sites is 1. The molecule has 2 aromatic rings. The summed E-state index contributed by atoms with van der Waals surface area (Å²) in [6.07, 6.45) is 3.27. The molecule has 2 rings (SSSR count). The van der Waals surface area contributed by atoms with Gasteiger partial charge in [-0.2, -0.15) is 0 Å². The standard InChI is InChI=1S/C15H19ClN2/c1-3-9-18-10-5-7-13(18)11-17-15-12(2)6-4-8-14(15)16/h4-8,10,17H,3,9,11H2,1-2H3. The van der Waals surface area contributed by atoms with Crippen molar-refractivity contribution < 1.29 is 0 Å². The first-order valence-corrected chi connectivity index (χ1v) is 6.73. The van der Waals surface area contributed by atoms with Crippen molar-refractivity contribution in [2.24, 2.45) is 0 Å². The van der Waals surface area contributed by atoms with Crippen LogP contribution in [0.5, 0.6) is 0 Å². The molecular weight excluding hydrogens is 244 g/mol. The molecule has 3 heteroatoms. The average Bonchev–Trinajstić information content (AvgIpc) is 2.77. The zero-order chi connectivity index (χ0) is 13.0. The Morgan fingerprint density at radius 1 is 1.22 bits per heavy atom. The number of anilines is 1. The lowest BCUT2D eigenvalue weighted by Gasteiger charge is -2.13. The van der Waals surface area contributed by atoms with Gasteiger partial charge < -0.3 is 9.88 Å². The van der Waals surface area contributed by atoms with E-state index in [-0.39, 0.29) is 0 Å². The Morgan fingerprint density at radius 3 is 2.78 bits per heavy atom. The van der Waals surface area contributed by atoms with Crippen molar-refractivity contribution in [1.82, 2.24) is 4.57 Å². The van der Waals surface area contributed by atoms with Crippen LogP contribution in [0.15, 0.2) is 36.5 Å². The largest absolute Gasteiger partial charge is 0.378 e. The summed E-state index contributed by atoms with van der Waals surface area (Å²) in [7, 11) is 0. The van der Waals surface area contributed by atoms with E-state index in [9.17, 15) is 0 Å². The number of nitrogens with one attached hydrogen (secondary N) is 1. The fraction of sp³-hybridized carbons (Fsp3) is 0.333. The molecule has 0 spiro atoms. The first kappa shape index (κ1) is 13.0. The second-order valence-electron chi connectivity index (χ2n) is 4.48. The molecule has 18 heavy (non-hydrogen) atoms. The highest BCUT2D eigenvalue weighted by molar-refractivity contribution is 6.33. The van der Waals surface area contributed by atoms with Crippen molar-refractivity contribution in [3.8, 4) is 0 Å². The van der Waals surface area contributed by atoms with E-state index in [1.807, 2.05) is 12.1 Å². The van der Waals surface area contributed by atoms with Gasteiger partial charge in [0, 0.05) is 18.4 Å². The smallest absolute Gasteiger partial charge is 0.0640 e. The second-order valence-corrected chi connectivity index (χ2v) is 4.89. The van der Waals surface area contributed by atoms with Gasteiger partial charge in [-0.25, -0.2) is 0 Å². The summed E-state index contributed by atoms with van der Waals surface area (Å²) in [5.41, 5.74) is 3.50. The van der Waals surface area contributed by atoms with Crippen LogP contribution in [0.3, 0.4) is 0 Å². The first-order chi connectivity index (χ1) is 8.72. The van der Waals surface area contributed by atoms with Crippen molar-refractivity contribution in [1.29, 1.82) is 0 Å². The van der Waals surface area contributed by atoms with Gasteiger partial charge in [-0.1, -0.05) is 30.7 Å². The monoisotopic (exact) mass is 262 g/mol. The van der Waals surface area contributed by atoms with Crippen molar-refractivity contribution in [3.63, 3.8) is 0 Å². The molecule has 1 aromatic heterocycles. The lowest BCUT2D eigenvalue weighted by Crippen LogP contribution is -2.07. The van der Waals surface area contributed by atoms with E-state index in [0.717, 1.165) is 30.2 Å². The Labute approximate surface area is 114 Å². The zero-order valence-electron chi connectivity index (χ0n) is 10.9. The molecule has 1 heterocycles. The predicted molar refractivity (Wildman–Crippen MR) is 78.2 cm³/mol. The zero-order valence-corrected chi connectivity index (χ0v) is 11.7. The van der Waals surface area contributed by atoms with Crippen LogP contribution in [-0.4, -0.2) is 4.57 Å². The van der Waals surface area contributed by atoms with Gasteiger partial charge in [0.05, 0.1) is 17.3 Å². The topological polar surface area (TPSA) is 17.0 Å². The Balaban J connectivity index is 2.09. The number of nitrogens with zero attached hydrogens (tertiary/aromatic N) is 1. The highest BCUT2D eigenvalue weighted by atomic mass is 35.5. The van der Waals surface area contributed by atoms with Crippen LogP contribution in [-0.2, 0) is 13.1 Å². The van der Waals surface area contributed by atoms with Crippen LogP contribution < -0.4 is 5.32 Å². The molecule has 1 aromatic carbocycles.